The van der Waals surface area contributed by atoms with Gasteiger partial charge in [0.15, 0.2) is 0 Å². The van der Waals surface area contributed by atoms with Crippen LogP contribution in [0.15, 0.2) is 91.5 Å². The summed E-state index contributed by atoms with van der Waals surface area (Å²) in [5.41, 5.74) is 3.02. The molecule has 0 aliphatic heterocycles. The molecule has 14 nitrogen and oxygen atoms in total. The molecule has 6 heterocycles. The Bertz CT molecular complexity index is 2330. The molecular formula is C41H45N7O7. The highest BCUT2D eigenvalue weighted by Gasteiger charge is 2.36. The lowest BCUT2D eigenvalue weighted by molar-refractivity contribution is -0.123. The van der Waals surface area contributed by atoms with Gasteiger partial charge in [-0.05, 0) is 106 Å². The SMILES string of the molecule is CCC(C)(CO)NC(=O)c1c(C)cc2ccc(OCc3ccc(NC(=O)C(C)(CO)NC(=O)c4c(C)cc5ccc(OCc6ccccn6)cn45)cn3)cn12. The van der Waals surface area contributed by atoms with Gasteiger partial charge in [-0.15, -0.1) is 0 Å². The first-order valence-corrected chi connectivity index (χ1v) is 17.9. The van der Waals surface area contributed by atoms with E-state index < -0.39 is 29.5 Å². The fraction of sp³-hybridized carbons (Fsp3) is 0.293. The number of amides is 3. The van der Waals surface area contributed by atoms with Crippen LogP contribution in [0.1, 0.15) is 70.7 Å². The Hall–Kier alpha value is -6.25. The minimum atomic E-state index is -1.68. The van der Waals surface area contributed by atoms with Gasteiger partial charge in [-0.1, -0.05) is 13.0 Å². The van der Waals surface area contributed by atoms with Gasteiger partial charge >= 0.3 is 0 Å². The number of ether oxygens (including phenoxy) is 2. The van der Waals surface area contributed by atoms with Crippen LogP contribution < -0.4 is 25.4 Å². The molecule has 5 N–H and O–H groups in total. The monoisotopic (exact) mass is 747 g/mol. The number of rotatable bonds is 15. The van der Waals surface area contributed by atoms with E-state index in [1.807, 2.05) is 56.3 Å². The Morgan fingerprint density at radius 3 is 1.82 bits per heavy atom. The van der Waals surface area contributed by atoms with Crippen molar-refractivity contribution in [2.24, 2.45) is 0 Å². The molecule has 0 spiro atoms. The number of carbonyl (C=O) groups is 3. The van der Waals surface area contributed by atoms with Gasteiger partial charge in [0.1, 0.15) is 41.6 Å². The number of anilines is 1. The summed E-state index contributed by atoms with van der Waals surface area (Å²) < 4.78 is 15.4. The van der Waals surface area contributed by atoms with Crippen molar-refractivity contribution in [1.29, 1.82) is 0 Å². The van der Waals surface area contributed by atoms with Crippen LogP contribution in [0, 0.1) is 13.8 Å². The zero-order valence-corrected chi connectivity index (χ0v) is 31.4. The number of hydrogen-bond donors (Lipinski definition) is 5. The van der Waals surface area contributed by atoms with Crippen molar-refractivity contribution in [2.45, 2.75) is 65.3 Å². The molecule has 2 atom stereocenters. The summed E-state index contributed by atoms with van der Waals surface area (Å²) in [5, 5.41) is 28.5. The molecule has 0 bridgehead atoms. The molecule has 0 saturated heterocycles. The lowest BCUT2D eigenvalue weighted by Gasteiger charge is -2.27. The average molecular weight is 748 g/mol. The first-order chi connectivity index (χ1) is 26.3. The van der Waals surface area contributed by atoms with Gasteiger partial charge in [0.05, 0.1) is 54.4 Å². The fourth-order valence-corrected chi connectivity index (χ4v) is 6.02. The molecule has 0 aliphatic carbocycles. The molecule has 0 aliphatic rings. The van der Waals surface area contributed by atoms with Crippen molar-refractivity contribution in [2.75, 3.05) is 18.5 Å². The number of nitrogens with zero attached hydrogens (tertiary/aromatic N) is 4. The third-order valence-electron chi connectivity index (χ3n) is 9.63. The molecule has 6 rings (SSSR count). The van der Waals surface area contributed by atoms with Gasteiger partial charge in [-0.3, -0.25) is 24.4 Å². The van der Waals surface area contributed by atoms with Crippen molar-refractivity contribution >= 4 is 34.4 Å². The summed E-state index contributed by atoms with van der Waals surface area (Å²) in [4.78, 5) is 49.0. The Kier molecular flexibility index (Phi) is 11.2. The van der Waals surface area contributed by atoms with Crippen molar-refractivity contribution in [3.05, 3.63) is 125 Å². The standard InChI is InChI=1S/C41H45N7O7/c1-6-40(4,24-49)45-37(51)35-26(2)17-31-12-15-34(20-47(31)35)55-23-30-11-10-28(19-43-30)44-39(53)41(5,25-50)46-38(52)36-27(3)18-32-13-14-33(21-48(32)36)54-22-29-9-7-8-16-42-29/h7-21,49-50H,6,22-25H2,1-5H3,(H,44,53)(H,45,51)(H,46,52). The molecule has 2 unspecified atom stereocenters. The van der Waals surface area contributed by atoms with Gasteiger partial charge in [0.25, 0.3) is 17.7 Å². The van der Waals surface area contributed by atoms with E-state index in [4.69, 9.17) is 9.47 Å². The maximum absolute atomic E-state index is 13.7. The highest BCUT2D eigenvalue weighted by molar-refractivity contribution is 6.04. The summed E-state index contributed by atoms with van der Waals surface area (Å²) in [6.45, 7) is 8.28. The van der Waals surface area contributed by atoms with E-state index in [1.165, 1.54) is 13.1 Å². The van der Waals surface area contributed by atoms with Crippen molar-refractivity contribution in [3.63, 3.8) is 0 Å². The number of pyridine rings is 4. The van der Waals surface area contributed by atoms with Crippen LogP contribution >= 0.6 is 0 Å². The number of aliphatic hydroxyl groups excluding tert-OH is 2. The smallest absolute Gasteiger partial charge is 0.269 e. The second-order valence-corrected chi connectivity index (χ2v) is 14.0. The van der Waals surface area contributed by atoms with Crippen LogP contribution in [0.25, 0.3) is 11.0 Å². The fourth-order valence-electron chi connectivity index (χ4n) is 6.02. The summed E-state index contributed by atoms with van der Waals surface area (Å²) in [6, 6.07) is 19.9. The highest BCUT2D eigenvalue weighted by atomic mass is 16.5. The molecule has 6 aromatic heterocycles. The van der Waals surface area contributed by atoms with E-state index in [1.54, 1.807) is 65.5 Å². The topological polar surface area (TPSA) is 181 Å². The first kappa shape index (κ1) is 38.5. The maximum Gasteiger partial charge on any atom is 0.269 e. The number of fused-ring (bicyclic) bond motifs is 2. The molecule has 286 valence electrons. The van der Waals surface area contributed by atoms with E-state index in [9.17, 15) is 24.6 Å². The Morgan fingerprint density at radius 2 is 1.33 bits per heavy atom. The second kappa shape index (κ2) is 16.0. The van der Waals surface area contributed by atoms with E-state index in [-0.39, 0.29) is 25.7 Å². The maximum atomic E-state index is 13.7. The Morgan fingerprint density at radius 1 is 0.745 bits per heavy atom. The van der Waals surface area contributed by atoms with E-state index in [2.05, 4.69) is 25.9 Å². The van der Waals surface area contributed by atoms with E-state index >= 15 is 0 Å². The zero-order valence-electron chi connectivity index (χ0n) is 31.4. The predicted molar refractivity (Wildman–Crippen MR) is 206 cm³/mol. The third-order valence-corrected chi connectivity index (χ3v) is 9.63. The number of aromatic nitrogens is 4. The molecule has 6 aromatic rings. The quantitative estimate of drug-likeness (QED) is 0.0990. The molecular weight excluding hydrogens is 702 g/mol. The van der Waals surface area contributed by atoms with Crippen LogP contribution in [-0.4, -0.2) is 71.0 Å². The van der Waals surface area contributed by atoms with E-state index in [0.717, 1.165) is 22.3 Å². The number of aryl methyl sites for hydroxylation is 2. The minimum Gasteiger partial charge on any atom is -0.486 e. The molecule has 55 heavy (non-hydrogen) atoms. The van der Waals surface area contributed by atoms with Crippen molar-refractivity contribution in [3.8, 4) is 11.5 Å². The molecule has 0 radical (unpaired) electrons. The molecule has 0 fully saturated rings. The summed E-state index contributed by atoms with van der Waals surface area (Å²) in [6.07, 6.45) is 7.14. The third kappa shape index (κ3) is 8.45. The number of hydrogen-bond acceptors (Lipinski definition) is 9. The predicted octanol–water partition coefficient (Wildman–Crippen LogP) is 4.77. The van der Waals surface area contributed by atoms with Gasteiger partial charge < -0.3 is 44.4 Å². The lowest BCUT2D eigenvalue weighted by Crippen LogP contribution is -2.57. The highest BCUT2D eigenvalue weighted by Crippen LogP contribution is 2.24. The molecule has 14 heteroatoms. The summed E-state index contributed by atoms with van der Waals surface area (Å²) in [5.74, 6) is -0.459. The van der Waals surface area contributed by atoms with Crippen LogP contribution in [0.4, 0.5) is 5.69 Å². The minimum absolute atomic E-state index is 0.102. The molecule has 0 saturated carbocycles. The Balaban J connectivity index is 1.09. The van der Waals surface area contributed by atoms with Crippen LogP contribution in [0.5, 0.6) is 11.5 Å². The number of carbonyl (C=O) groups excluding carboxylic acids is 3. The van der Waals surface area contributed by atoms with Crippen LogP contribution in [0.2, 0.25) is 0 Å². The Labute approximate surface area is 318 Å². The van der Waals surface area contributed by atoms with Gasteiger partial charge in [-0.2, -0.15) is 0 Å². The van der Waals surface area contributed by atoms with Crippen LogP contribution in [-0.2, 0) is 18.0 Å². The van der Waals surface area contributed by atoms with E-state index in [0.29, 0.717) is 46.3 Å². The number of nitrogens with one attached hydrogen (secondary N) is 3. The molecule has 3 amide bonds. The van der Waals surface area contributed by atoms with Crippen molar-refractivity contribution < 1.29 is 34.1 Å². The van der Waals surface area contributed by atoms with Gasteiger partial charge in [-0.25, -0.2) is 0 Å². The lowest BCUT2D eigenvalue weighted by atomic mass is 10.00. The normalized spacial score (nSPS) is 13.5. The molecule has 0 aromatic carbocycles. The van der Waals surface area contributed by atoms with Gasteiger partial charge in [0.2, 0.25) is 0 Å². The summed E-state index contributed by atoms with van der Waals surface area (Å²) in [7, 11) is 0. The van der Waals surface area contributed by atoms with Crippen molar-refractivity contribution in [1.82, 2.24) is 29.4 Å². The number of aliphatic hydroxyl groups is 2. The zero-order chi connectivity index (χ0) is 39.3. The largest absolute Gasteiger partial charge is 0.486 e. The van der Waals surface area contributed by atoms with Gasteiger partial charge in [0, 0.05) is 17.2 Å². The van der Waals surface area contributed by atoms with Crippen LogP contribution in [0.3, 0.4) is 0 Å². The average Bonchev–Trinajstić information content (AvgIpc) is 3.71. The summed E-state index contributed by atoms with van der Waals surface area (Å²) >= 11 is 0. The second-order valence-electron chi connectivity index (χ2n) is 14.0. The first-order valence-electron chi connectivity index (χ1n) is 17.9.